The number of carbonyl (C=O) groups excluding carboxylic acids is 1. The molecule has 1 fully saturated rings. The quantitative estimate of drug-likeness (QED) is 0.546. The van der Waals surface area contributed by atoms with E-state index in [0.29, 0.717) is 5.92 Å². The lowest BCUT2D eigenvalue weighted by molar-refractivity contribution is -0.146. The maximum absolute atomic E-state index is 11.4. The lowest BCUT2D eigenvalue weighted by Gasteiger charge is -2.27. The first-order valence-corrected chi connectivity index (χ1v) is 6.57. The Morgan fingerprint density at radius 1 is 1.29 bits per heavy atom. The van der Waals surface area contributed by atoms with Gasteiger partial charge >= 0.3 is 5.97 Å². The molecule has 1 aliphatic rings. The van der Waals surface area contributed by atoms with E-state index in [2.05, 4.69) is 6.92 Å². The Kier molecular flexibility index (Phi) is 6.09. The molecule has 1 aliphatic carbocycles. The van der Waals surface area contributed by atoms with Crippen molar-refractivity contribution in [3.05, 3.63) is 11.8 Å². The predicted octanol–water partition coefficient (Wildman–Crippen LogP) is 3.30. The van der Waals surface area contributed by atoms with Gasteiger partial charge in [0.25, 0.3) is 0 Å². The van der Waals surface area contributed by atoms with Gasteiger partial charge in [0.1, 0.15) is 0 Å². The van der Waals surface area contributed by atoms with Gasteiger partial charge in [-0.1, -0.05) is 6.92 Å². The largest absolute Gasteiger partial charge is 0.498 e. The van der Waals surface area contributed by atoms with E-state index in [1.807, 2.05) is 13.0 Å². The number of ether oxygens (including phenoxy) is 2. The van der Waals surface area contributed by atoms with Crippen LogP contribution in [0.5, 0.6) is 0 Å². The van der Waals surface area contributed by atoms with Gasteiger partial charge in [-0.15, -0.1) is 0 Å². The summed E-state index contributed by atoms with van der Waals surface area (Å²) in [6, 6.07) is 0. The molecule has 1 saturated carbocycles. The highest BCUT2D eigenvalue weighted by Gasteiger charge is 2.27. The third-order valence-electron chi connectivity index (χ3n) is 3.56. The molecule has 0 aromatic carbocycles. The summed E-state index contributed by atoms with van der Waals surface area (Å²) in [7, 11) is 1.47. The van der Waals surface area contributed by atoms with Crippen LogP contribution in [-0.4, -0.2) is 19.7 Å². The first kappa shape index (κ1) is 14.1. The predicted molar refractivity (Wildman–Crippen MR) is 67.5 cm³/mol. The molecule has 0 atom stereocenters. The third-order valence-corrected chi connectivity index (χ3v) is 3.56. The van der Waals surface area contributed by atoms with E-state index in [9.17, 15) is 4.79 Å². The Morgan fingerprint density at radius 2 is 1.94 bits per heavy atom. The summed E-state index contributed by atoms with van der Waals surface area (Å²) in [5.74, 6) is 1.73. The van der Waals surface area contributed by atoms with Crippen molar-refractivity contribution >= 4 is 5.97 Å². The molecule has 1 rings (SSSR count). The second-order valence-corrected chi connectivity index (χ2v) is 4.66. The first-order chi connectivity index (χ1) is 8.21. The highest BCUT2D eigenvalue weighted by atomic mass is 16.5. The molecule has 3 heteroatoms. The average molecular weight is 240 g/mol. The second kappa shape index (κ2) is 7.36. The molecule has 0 radical (unpaired) electrons. The summed E-state index contributed by atoms with van der Waals surface area (Å²) < 4.78 is 10.5. The molecule has 0 N–H and O–H groups in total. The van der Waals surface area contributed by atoms with E-state index >= 15 is 0 Å². The summed E-state index contributed by atoms with van der Waals surface area (Å²) in [5.41, 5.74) is 0. The van der Waals surface area contributed by atoms with Gasteiger partial charge < -0.3 is 9.47 Å². The zero-order chi connectivity index (χ0) is 12.7. The number of allylic oxidation sites excluding steroid dienone is 2. The molecule has 0 aromatic rings. The van der Waals surface area contributed by atoms with Crippen molar-refractivity contribution in [2.75, 3.05) is 13.7 Å². The molecular weight excluding hydrogens is 216 g/mol. The minimum atomic E-state index is -0.0490. The van der Waals surface area contributed by atoms with Gasteiger partial charge in [0.2, 0.25) is 0 Å². The van der Waals surface area contributed by atoms with Crippen LogP contribution in [-0.2, 0) is 14.3 Å². The number of carbonyl (C=O) groups is 1. The van der Waals surface area contributed by atoms with Crippen LogP contribution in [0, 0.1) is 11.8 Å². The standard InChI is InChI=1S/C14H24O3/c1-4-13(5-2)17-10-11-6-8-12(9-7-11)14(15)16-3/h4,11-12H,5-10H2,1-3H3/b13-4-. The van der Waals surface area contributed by atoms with E-state index in [-0.39, 0.29) is 11.9 Å². The summed E-state index contributed by atoms with van der Waals surface area (Å²) in [6.07, 6.45) is 7.00. The van der Waals surface area contributed by atoms with Crippen LogP contribution in [0.4, 0.5) is 0 Å². The average Bonchev–Trinajstić information content (AvgIpc) is 2.39. The fourth-order valence-corrected chi connectivity index (χ4v) is 2.35. The number of methoxy groups -OCH3 is 1. The van der Waals surface area contributed by atoms with Crippen LogP contribution < -0.4 is 0 Å². The van der Waals surface area contributed by atoms with Gasteiger partial charge in [-0.25, -0.2) is 0 Å². The Labute approximate surface area is 104 Å². The summed E-state index contributed by atoms with van der Waals surface area (Å²) >= 11 is 0. The summed E-state index contributed by atoms with van der Waals surface area (Å²) in [4.78, 5) is 11.4. The van der Waals surface area contributed by atoms with Gasteiger partial charge in [0.05, 0.1) is 25.4 Å². The van der Waals surface area contributed by atoms with Crippen molar-refractivity contribution in [1.29, 1.82) is 0 Å². The van der Waals surface area contributed by atoms with Crippen molar-refractivity contribution in [3.8, 4) is 0 Å². The van der Waals surface area contributed by atoms with Crippen molar-refractivity contribution in [2.45, 2.75) is 46.0 Å². The molecule has 0 saturated heterocycles. The smallest absolute Gasteiger partial charge is 0.308 e. The molecule has 0 spiro atoms. The lowest BCUT2D eigenvalue weighted by atomic mass is 9.82. The normalized spacial score (nSPS) is 25.5. The van der Waals surface area contributed by atoms with Gasteiger partial charge in [-0.2, -0.15) is 0 Å². The molecule has 0 aliphatic heterocycles. The molecule has 0 bridgehead atoms. The topological polar surface area (TPSA) is 35.5 Å². The van der Waals surface area contributed by atoms with E-state index in [1.54, 1.807) is 0 Å². The second-order valence-electron chi connectivity index (χ2n) is 4.66. The van der Waals surface area contributed by atoms with Gasteiger partial charge in [-0.3, -0.25) is 4.79 Å². The van der Waals surface area contributed by atoms with Crippen LogP contribution in [0.1, 0.15) is 46.0 Å². The van der Waals surface area contributed by atoms with E-state index in [0.717, 1.165) is 44.5 Å². The maximum atomic E-state index is 11.4. The van der Waals surface area contributed by atoms with Gasteiger partial charge in [0.15, 0.2) is 0 Å². The van der Waals surface area contributed by atoms with Crippen LogP contribution in [0.3, 0.4) is 0 Å². The lowest BCUT2D eigenvalue weighted by Crippen LogP contribution is -2.24. The zero-order valence-corrected chi connectivity index (χ0v) is 11.2. The Morgan fingerprint density at radius 3 is 2.41 bits per heavy atom. The first-order valence-electron chi connectivity index (χ1n) is 6.57. The highest BCUT2D eigenvalue weighted by Crippen LogP contribution is 2.30. The van der Waals surface area contributed by atoms with Crippen LogP contribution >= 0.6 is 0 Å². The van der Waals surface area contributed by atoms with Crippen molar-refractivity contribution in [1.82, 2.24) is 0 Å². The minimum Gasteiger partial charge on any atom is -0.498 e. The highest BCUT2D eigenvalue weighted by molar-refractivity contribution is 5.72. The molecule has 98 valence electrons. The Bertz CT molecular complexity index is 263. The molecule has 0 heterocycles. The van der Waals surface area contributed by atoms with Crippen LogP contribution in [0.15, 0.2) is 11.8 Å². The van der Waals surface area contributed by atoms with E-state index in [4.69, 9.17) is 9.47 Å². The number of esters is 1. The van der Waals surface area contributed by atoms with E-state index in [1.165, 1.54) is 7.11 Å². The third kappa shape index (κ3) is 4.41. The molecule has 3 nitrogen and oxygen atoms in total. The summed E-state index contributed by atoms with van der Waals surface area (Å²) in [6.45, 7) is 4.90. The molecule has 0 amide bonds. The number of hydrogen-bond donors (Lipinski definition) is 0. The van der Waals surface area contributed by atoms with Gasteiger partial charge in [0, 0.05) is 6.42 Å². The number of rotatable bonds is 5. The molecular formula is C14H24O3. The monoisotopic (exact) mass is 240 g/mol. The Hall–Kier alpha value is -0.990. The van der Waals surface area contributed by atoms with Gasteiger partial charge in [-0.05, 0) is 44.6 Å². The zero-order valence-electron chi connectivity index (χ0n) is 11.2. The van der Waals surface area contributed by atoms with Crippen molar-refractivity contribution in [3.63, 3.8) is 0 Å². The molecule has 17 heavy (non-hydrogen) atoms. The number of hydrogen-bond acceptors (Lipinski definition) is 3. The van der Waals surface area contributed by atoms with E-state index < -0.39 is 0 Å². The van der Waals surface area contributed by atoms with Crippen LogP contribution in [0.2, 0.25) is 0 Å². The SMILES string of the molecule is C/C=C(/CC)OCC1CCC(C(=O)OC)CC1. The van der Waals surface area contributed by atoms with Crippen molar-refractivity contribution in [2.24, 2.45) is 11.8 Å². The molecule has 0 aromatic heterocycles. The molecule has 0 unspecified atom stereocenters. The maximum Gasteiger partial charge on any atom is 0.308 e. The van der Waals surface area contributed by atoms with Crippen molar-refractivity contribution < 1.29 is 14.3 Å². The Balaban J connectivity index is 2.25. The van der Waals surface area contributed by atoms with Crippen LogP contribution in [0.25, 0.3) is 0 Å². The fraction of sp³-hybridized carbons (Fsp3) is 0.786. The fourth-order valence-electron chi connectivity index (χ4n) is 2.35. The minimum absolute atomic E-state index is 0.0490. The summed E-state index contributed by atoms with van der Waals surface area (Å²) in [5, 5.41) is 0.